The number of ether oxygens (including phenoxy) is 2. The van der Waals surface area contributed by atoms with Crippen LogP contribution in [0.25, 0.3) is 11.3 Å². The lowest BCUT2D eigenvalue weighted by molar-refractivity contribution is 0.355. The summed E-state index contributed by atoms with van der Waals surface area (Å²) in [6.45, 7) is 1.86. The van der Waals surface area contributed by atoms with E-state index in [9.17, 15) is 8.42 Å². The molecule has 0 amide bonds. The van der Waals surface area contributed by atoms with Crippen LogP contribution in [0.2, 0.25) is 0 Å². The van der Waals surface area contributed by atoms with Gasteiger partial charge in [-0.05, 0) is 43.8 Å². The van der Waals surface area contributed by atoms with Gasteiger partial charge in [0.1, 0.15) is 0 Å². The number of benzene rings is 1. The summed E-state index contributed by atoms with van der Waals surface area (Å²) >= 11 is 6.74. The summed E-state index contributed by atoms with van der Waals surface area (Å²) in [7, 11) is 0.175. The van der Waals surface area contributed by atoms with Crippen LogP contribution in [0.3, 0.4) is 0 Å². The minimum Gasteiger partial charge on any atom is -0.493 e. The van der Waals surface area contributed by atoms with Crippen molar-refractivity contribution in [3.63, 3.8) is 0 Å². The van der Waals surface area contributed by atoms with E-state index in [0.717, 1.165) is 11.3 Å². The lowest BCUT2D eigenvalue weighted by Crippen LogP contribution is -2.48. The van der Waals surface area contributed by atoms with Crippen molar-refractivity contribution < 1.29 is 17.9 Å². The molecule has 2 aromatic rings. The van der Waals surface area contributed by atoms with Crippen molar-refractivity contribution >= 4 is 43.6 Å². The standard InChI is InChI=1S/C17H21N3O4S3/c1-17(6-7-27(21,22)10-17)20-15(25)19-16-18-12(9-26-16)11-4-5-13(23-2)14(8-11)24-3/h4-5,8-9H,6-7,10H2,1-3H3,(H2,18,19,20,25)/t17-/m0/s1. The Morgan fingerprint density at radius 1 is 1.30 bits per heavy atom. The number of thiocarbonyl (C=S) groups is 1. The first-order valence-electron chi connectivity index (χ1n) is 8.21. The Balaban J connectivity index is 1.68. The number of thiazole rings is 1. The monoisotopic (exact) mass is 427 g/mol. The van der Waals surface area contributed by atoms with Gasteiger partial charge >= 0.3 is 0 Å². The van der Waals surface area contributed by atoms with Crippen LogP contribution in [0.1, 0.15) is 13.3 Å². The van der Waals surface area contributed by atoms with Crippen LogP contribution in [-0.2, 0) is 9.84 Å². The second-order valence-electron chi connectivity index (χ2n) is 6.59. The predicted octanol–water partition coefficient (Wildman–Crippen LogP) is 2.69. The van der Waals surface area contributed by atoms with Gasteiger partial charge in [-0.25, -0.2) is 13.4 Å². The largest absolute Gasteiger partial charge is 0.493 e. The number of methoxy groups -OCH3 is 2. The molecule has 0 unspecified atom stereocenters. The van der Waals surface area contributed by atoms with Gasteiger partial charge in [0.25, 0.3) is 0 Å². The van der Waals surface area contributed by atoms with Crippen LogP contribution in [0.4, 0.5) is 5.13 Å². The molecule has 2 heterocycles. The molecule has 146 valence electrons. The topological polar surface area (TPSA) is 89.6 Å². The third kappa shape index (κ3) is 4.69. The van der Waals surface area contributed by atoms with E-state index in [2.05, 4.69) is 15.6 Å². The highest BCUT2D eigenvalue weighted by Crippen LogP contribution is 2.33. The highest BCUT2D eigenvalue weighted by Gasteiger charge is 2.38. The van der Waals surface area contributed by atoms with Crippen molar-refractivity contribution in [3.05, 3.63) is 23.6 Å². The Hall–Kier alpha value is -1.91. The zero-order valence-corrected chi connectivity index (χ0v) is 17.7. The number of sulfone groups is 1. The van der Waals surface area contributed by atoms with Crippen molar-refractivity contribution in [1.29, 1.82) is 0 Å². The van der Waals surface area contributed by atoms with E-state index >= 15 is 0 Å². The minimum atomic E-state index is -3.00. The summed E-state index contributed by atoms with van der Waals surface area (Å²) in [4.78, 5) is 4.54. The quantitative estimate of drug-likeness (QED) is 0.704. The van der Waals surface area contributed by atoms with Crippen molar-refractivity contribution in [2.75, 3.05) is 31.0 Å². The lowest BCUT2D eigenvalue weighted by Gasteiger charge is -2.25. The molecule has 27 heavy (non-hydrogen) atoms. The van der Waals surface area contributed by atoms with Crippen LogP contribution in [0.15, 0.2) is 23.6 Å². The Bertz CT molecular complexity index is 958. The number of nitrogens with one attached hydrogen (secondary N) is 2. The van der Waals surface area contributed by atoms with E-state index in [1.54, 1.807) is 14.2 Å². The molecular weight excluding hydrogens is 406 g/mol. The van der Waals surface area contributed by atoms with E-state index < -0.39 is 15.4 Å². The smallest absolute Gasteiger partial charge is 0.189 e. The van der Waals surface area contributed by atoms with E-state index in [1.165, 1.54) is 11.3 Å². The molecule has 3 rings (SSSR count). The van der Waals surface area contributed by atoms with E-state index in [1.807, 2.05) is 30.5 Å². The molecular formula is C17H21N3O4S3. The van der Waals surface area contributed by atoms with Gasteiger partial charge in [0, 0.05) is 10.9 Å². The third-order valence-electron chi connectivity index (χ3n) is 4.32. The molecule has 7 nitrogen and oxygen atoms in total. The fraction of sp³-hybridized carbons (Fsp3) is 0.412. The molecule has 1 aromatic carbocycles. The number of nitrogens with zero attached hydrogens (tertiary/aromatic N) is 1. The molecule has 1 saturated heterocycles. The van der Waals surface area contributed by atoms with Crippen LogP contribution in [0.5, 0.6) is 11.5 Å². The van der Waals surface area contributed by atoms with Crippen molar-refractivity contribution in [1.82, 2.24) is 10.3 Å². The SMILES string of the molecule is COc1ccc(-c2csc(NC(=S)N[C@@]3(C)CCS(=O)(=O)C3)n2)cc1OC. The van der Waals surface area contributed by atoms with Crippen molar-refractivity contribution in [2.45, 2.75) is 18.9 Å². The Kier molecular flexibility index (Phi) is 5.59. The van der Waals surface area contributed by atoms with E-state index in [0.29, 0.717) is 28.2 Å². The third-order valence-corrected chi connectivity index (χ3v) is 7.19. The van der Waals surface area contributed by atoms with Gasteiger partial charge in [0.2, 0.25) is 0 Å². The Labute approximate surface area is 168 Å². The molecule has 0 saturated carbocycles. The molecule has 1 atom stereocenters. The maximum absolute atomic E-state index is 11.7. The first-order valence-corrected chi connectivity index (χ1v) is 11.3. The summed E-state index contributed by atoms with van der Waals surface area (Å²) < 4.78 is 34.0. The number of anilines is 1. The van der Waals surface area contributed by atoms with Crippen LogP contribution in [-0.4, -0.2) is 49.8 Å². The van der Waals surface area contributed by atoms with Crippen molar-refractivity contribution in [3.8, 4) is 22.8 Å². The van der Waals surface area contributed by atoms with Crippen LogP contribution in [0, 0.1) is 0 Å². The molecule has 2 N–H and O–H groups in total. The maximum Gasteiger partial charge on any atom is 0.189 e. The van der Waals surface area contributed by atoms with E-state index in [-0.39, 0.29) is 11.5 Å². The van der Waals surface area contributed by atoms with Gasteiger partial charge in [-0.1, -0.05) is 0 Å². The average Bonchev–Trinajstić information content (AvgIpc) is 3.17. The minimum absolute atomic E-state index is 0.0799. The fourth-order valence-corrected chi connectivity index (χ4v) is 6.20. The first kappa shape index (κ1) is 19.8. The first-order chi connectivity index (χ1) is 12.7. The molecule has 1 aliphatic rings. The summed E-state index contributed by atoms with van der Waals surface area (Å²) in [6, 6.07) is 5.59. The zero-order chi connectivity index (χ0) is 19.7. The molecule has 1 fully saturated rings. The van der Waals surface area contributed by atoms with Crippen LogP contribution >= 0.6 is 23.6 Å². The molecule has 0 aliphatic carbocycles. The summed E-state index contributed by atoms with van der Waals surface area (Å²) in [6.07, 6.45) is 0.534. The Morgan fingerprint density at radius 3 is 2.67 bits per heavy atom. The Morgan fingerprint density at radius 2 is 2.04 bits per heavy atom. The van der Waals surface area contributed by atoms with Gasteiger partial charge < -0.3 is 20.1 Å². The predicted molar refractivity (Wildman–Crippen MR) is 112 cm³/mol. The number of aromatic nitrogens is 1. The number of hydrogen-bond donors (Lipinski definition) is 2. The summed E-state index contributed by atoms with van der Waals surface area (Å²) in [5, 5.41) is 9.05. The highest BCUT2D eigenvalue weighted by molar-refractivity contribution is 7.91. The molecule has 0 radical (unpaired) electrons. The molecule has 1 aliphatic heterocycles. The molecule has 1 aromatic heterocycles. The van der Waals surface area contributed by atoms with Crippen LogP contribution < -0.4 is 20.1 Å². The molecule has 10 heteroatoms. The van der Waals surface area contributed by atoms with E-state index in [4.69, 9.17) is 21.7 Å². The van der Waals surface area contributed by atoms with Crippen molar-refractivity contribution in [2.24, 2.45) is 0 Å². The highest BCUT2D eigenvalue weighted by atomic mass is 32.2. The van der Waals surface area contributed by atoms with Gasteiger partial charge in [0.15, 0.2) is 31.6 Å². The van der Waals surface area contributed by atoms with Gasteiger partial charge in [-0.3, -0.25) is 0 Å². The lowest BCUT2D eigenvalue weighted by atomic mass is 10.0. The molecule has 0 bridgehead atoms. The second kappa shape index (κ2) is 7.61. The fourth-order valence-electron chi connectivity index (χ4n) is 2.97. The zero-order valence-electron chi connectivity index (χ0n) is 15.2. The normalized spacial score (nSPS) is 20.9. The van der Waals surface area contributed by atoms with Gasteiger partial charge in [-0.15, -0.1) is 11.3 Å². The second-order valence-corrected chi connectivity index (χ2v) is 10.0. The average molecular weight is 428 g/mol. The summed E-state index contributed by atoms with van der Waals surface area (Å²) in [5.74, 6) is 1.54. The summed E-state index contributed by atoms with van der Waals surface area (Å²) in [5.41, 5.74) is 1.12. The number of hydrogen-bond acceptors (Lipinski definition) is 7. The maximum atomic E-state index is 11.7. The number of rotatable bonds is 5. The van der Waals surface area contributed by atoms with Gasteiger partial charge in [0.05, 0.1) is 37.0 Å². The van der Waals surface area contributed by atoms with Gasteiger partial charge in [-0.2, -0.15) is 0 Å². The molecule has 0 spiro atoms.